The lowest BCUT2D eigenvalue weighted by atomic mass is 9.99. The van der Waals surface area contributed by atoms with Gasteiger partial charge in [-0.2, -0.15) is 16.7 Å². The van der Waals surface area contributed by atoms with E-state index in [-0.39, 0.29) is 0 Å². The molecule has 0 radical (unpaired) electrons. The Morgan fingerprint density at radius 1 is 1.16 bits per heavy atom. The second-order valence-corrected chi connectivity index (χ2v) is 8.20. The molecule has 0 unspecified atom stereocenters. The number of thioether (sulfide) groups is 1. The fraction of sp³-hybridized carbons (Fsp3) is 0.611. The zero-order valence-corrected chi connectivity index (χ0v) is 15.5. The number of pyridine rings is 1. The Kier molecular flexibility index (Phi) is 5.22. The van der Waals surface area contributed by atoms with Crippen LogP contribution in [0.5, 0.6) is 0 Å². The van der Waals surface area contributed by atoms with Gasteiger partial charge in [0.1, 0.15) is 5.82 Å². The predicted octanol–water partition coefficient (Wildman–Crippen LogP) is 2.92. The van der Waals surface area contributed by atoms with Gasteiger partial charge in [-0.15, -0.1) is 0 Å². The van der Waals surface area contributed by atoms with Crippen LogP contribution in [0.1, 0.15) is 25.7 Å². The summed E-state index contributed by atoms with van der Waals surface area (Å²) in [5.74, 6) is 5.56. The molecule has 2 aliphatic heterocycles. The van der Waals surface area contributed by atoms with Gasteiger partial charge in [0.25, 0.3) is 0 Å². The van der Waals surface area contributed by atoms with Gasteiger partial charge in [0.05, 0.1) is 6.54 Å². The van der Waals surface area contributed by atoms with Crippen molar-refractivity contribution in [3.05, 3.63) is 24.2 Å². The molecule has 0 spiro atoms. The minimum Gasteiger partial charge on any atom is -0.357 e. The quantitative estimate of drug-likeness (QED) is 0.832. The monoisotopic (exact) mass is 359 g/mol. The SMILES string of the molecule is CC1CCN(c2ccc(-c3noc(CN4CCSCC4)n3)cn2)CC1. The third-order valence-corrected chi connectivity index (χ3v) is 5.99. The highest BCUT2D eigenvalue weighted by Gasteiger charge is 2.18. The van der Waals surface area contributed by atoms with E-state index in [1.165, 1.54) is 24.3 Å². The second-order valence-electron chi connectivity index (χ2n) is 6.97. The molecule has 0 atom stereocenters. The zero-order chi connectivity index (χ0) is 17.1. The minimum atomic E-state index is 0.632. The normalized spacial score (nSPS) is 20.1. The van der Waals surface area contributed by atoms with Crippen molar-refractivity contribution in [2.45, 2.75) is 26.3 Å². The topological polar surface area (TPSA) is 58.3 Å². The molecule has 2 fully saturated rings. The van der Waals surface area contributed by atoms with Crippen LogP contribution in [0.4, 0.5) is 5.82 Å². The summed E-state index contributed by atoms with van der Waals surface area (Å²) >= 11 is 2.00. The van der Waals surface area contributed by atoms with E-state index in [0.29, 0.717) is 11.7 Å². The maximum atomic E-state index is 5.43. The average Bonchev–Trinajstić information content (AvgIpc) is 3.12. The van der Waals surface area contributed by atoms with Crippen molar-refractivity contribution in [3.63, 3.8) is 0 Å². The van der Waals surface area contributed by atoms with Crippen LogP contribution in [-0.2, 0) is 6.54 Å². The van der Waals surface area contributed by atoms with Gasteiger partial charge in [0.15, 0.2) is 0 Å². The molecule has 2 aromatic rings. The molecule has 0 aromatic carbocycles. The fourth-order valence-electron chi connectivity index (χ4n) is 3.33. The fourth-order valence-corrected chi connectivity index (χ4v) is 4.31. The molecule has 0 aliphatic carbocycles. The van der Waals surface area contributed by atoms with Crippen LogP contribution in [0.25, 0.3) is 11.4 Å². The highest BCUT2D eigenvalue weighted by atomic mass is 32.2. The second kappa shape index (κ2) is 7.74. The third kappa shape index (κ3) is 4.15. The lowest BCUT2D eigenvalue weighted by Crippen LogP contribution is -2.33. The van der Waals surface area contributed by atoms with Gasteiger partial charge < -0.3 is 9.42 Å². The molecule has 7 heteroatoms. The maximum absolute atomic E-state index is 5.43. The minimum absolute atomic E-state index is 0.632. The molecular formula is C18H25N5OS. The summed E-state index contributed by atoms with van der Waals surface area (Å²) in [6, 6.07) is 4.12. The molecule has 2 aliphatic rings. The van der Waals surface area contributed by atoms with Gasteiger partial charge >= 0.3 is 0 Å². The first kappa shape index (κ1) is 16.8. The largest absolute Gasteiger partial charge is 0.357 e. The van der Waals surface area contributed by atoms with E-state index in [4.69, 9.17) is 4.52 Å². The number of nitrogens with zero attached hydrogens (tertiary/aromatic N) is 5. The van der Waals surface area contributed by atoms with Gasteiger partial charge in [-0.25, -0.2) is 4.98 Å². The van der Waals surface area contributed by atoms with Crippen molar-refractivity contribution in [3.8, 4) is 11.4 Å². The van der Waals surface area contributed by atoms with Gasteiger partial charge in [-0.1, -0.05) is 12.1 Å². The van der Waals surface area contributed by atoms with Crippen molar-refractivity contribution in [2.75, 3.05) is 42.6 Å². The molecule has 25 heavy (non-hydrogen) atoms. The van der Waals surface area contributed by atoms with Gasteiger partial charge in [-0.3, -0.25) is 4.90 Å². The van der Waals surface area contributed by atoms with E-state index >= 15 is 0 Å². The summed E-state index contributed by atoms with van der Waals surface area (Å²) in [6.07, 6.45) is 4.35. The number of aromatic nitrogens is 3. The smallest absolute Gasteiger partial charge is 0.241 e. The predicted molar refractivity (Wildman–Crippen MR) is 101 cm³/mol. The Bertz CT molecular complexity index is 675. The summed E-state index contributed by atoms with van der Waals surface area (Å²) in [5.41, 5.74) is 0.915. The van der Waals surface area contributed by atoms with Crippen molar-refractivity contribution >= 4 is 17.6 Å². The zero-order valence-electron chi connectivity index (χ0n) is 14.7. The Hall–Kier alpha value is -1.60. The van der Waals surface area contributed by atoms with Gasteiger partial charge in [-0.05, 0) is 30.9 Å². The van der Waals surface area contributed by atoms with Crippen LogP contribution >= 0.6 is 11.8 Å². The highest BCUT2D eigenvalue weighted by Crippen LogP contribution is 2.23. The Morgan fingerprint density at radius 3 is 2.68 bits per heavy atom. The molecule has 2 saturated heterocycles. The van der Waals surface area contributed by atoms with Crippen LogP contribution in [0, 0.1) is 5.92 Å². The van der Waals surface area contributed by atoms with Crippen LogP contribution in [0.2, 0.25) is 0 Å². The van der Waals surface area contributed by atoms with Crippen molar-refractivity contribution in [1.82, 2.24) is 20.0 Å². The first-order valence-electron chi connectivity index (χ1n) is 9.12. The van der Waals surface area contributed by atoms with E-state index in [9.17, 15) is 0 Å². The molecule has 0 saturated carbocycles. The number of hydrogen-bond acceptors (Lipinski definition) is 7. The Morgan fingerprint density at radius 2 is 1.96 bits per heavy atom. The number of anilines is 1. The van der Waals surface area contributed by atoms with Crippen LogP contribution < -0.4 is 4.90 Å². The third-order valence-electron chi connectivity index (χ3n) is 5.04. The number of piperidine rings is 1. The molecule has 0 N–H and O–H groups in total. The van der Waals surface area contributed by atoms with Crippen LogP contribution in [-0.4, -0.2) is 57.7 Å². The first-order chi connectivity index (χ1) is 12.3. The highest BCUT2D eigenvalue weighted by molar-refractivity contribution is 7.99. The number of hydrogen-bond donors (Lipinski definition) is 0. The summed E-state index contributed by atoms with van der Waals surface area (Å²) in [4.78, 5) is 13.9. The first-order valence-corrected chi connectivity index (χ1v) is 10.3. The summed E-state index contributed by atoms with van der Waals surface area (Å²) in [7, 11) is 0. The van der Waals surface area contributed by atoms with Crippen LogP contribution in [0.3, 0.4) is 0 Å². The van der Waals surface area contributed by atoms with E-state index in [1.54, 1.807) is 0 Å². The summed E-state index contributed by atoms with van der Waals surface area (Å²) in [6.45, 7) is 7.43. The van der Waals surface area contributed by atoms with Crippen LogP contribution in [0.15, 0.2) is 22.9 Å². The van der Waals surface area contributed by atoms with Gasteiger partial charge in [0, 0.05) is 49.4 Å². The van der Waals surface area contributed by atoms with Gasteiger partial charge in [0.2, 0.25) is 11.7 Å². The Labute approximate surface area is 153 Å². The van der Waals surface area contributed by atoms with Crippen molar-refractivity contribution in [1.29, 1.82) is 0 Å². The van der Waals surface area contributed by atoms with E-state index in [2.05, 4.69) is 37.9 Å². The summed E-state index contributed by atoms with van der Waals surface area (Å²) in [5, 5.41) is 4.13. The molecule has 2 aromatic heterocycles. The van der Waals surface area contributed by atoms with Crippen molar-refractivity contribution < 1.29 is 4.52 Å². The lowest BCUT2D eigenvalue weighted by molar-refractivity contribution is 0.245. The van der Waals surface area contributed by atoms with E-state index in [1.807, 2.05) is 24.0 Å². The van der Waals surface area contributed by atoms with E-state index in [0.717, 1.165) is 50.0 Å². The molecule has 4 heterocycles. The maximum Gasteiger partial charge on any atom is 0.241 e. The lowest BCUT2D eigenvalue weighted by Gasteiger charge is -2.31. The molecule has 6 nitrogen and oxygen atoms in total. The standard InChI is InChI=1S/C18H25N5OS/c1-14-4-6-23(7-5-14)16-3-2-15(12-19-16)18-20-17(24-21-18)13-22-8-10-25-11-9-22/h2-3,12,14H,4-11,13H2,1H3. The molecule has 4 rings (SSSR count). The number of rotatable bonds is 4. The molecule has 0 amide bonds. The average molecular weight is 359 g/mol. The molecule has 0 bridgehead atoms. The summed E-state index contributed by atoms with van der Waals surface area (Å²) < 4.78 is 5.43. The molecular weight excluding hydrogens is 334 g/mol. The molecule has 134 valence electrons. The van der Waals surface area contributed by atoms with E-state index < -0.39 is 0 Å². The van der Waals surface area contributed by atoms with Crippen molar-refractivity contribution in [2.24, 2.45) is 5.92 Å². The Balaban J connectivity index is 1.40.